The number of aryl methyl sites for hydroxylation is 1. The summed E-state index contributed by atoms with van der Waals surface area (Å²) in [6.45, 7) is 11.9. The zero-order valence-electron chi connectivity index (χ0n) is 25.2. The number of carbonyl (C=O) groups is 2. The maximum atomic E-state index is 13.4. The molecule has 0 N–H and O–H groups in total. The van der Waals surface area contributed by atoms with Crippen molar-refractivity contribution >= 4 is 31.3 Å². The molecule has 13 heteroatoms. The second-order valence-electron chi connectivity index (χ2n) is 10.8. The van der Waals surface area contributed by atoms with Gasteiger partial charge in [0.15, 0.2) is 11.2 Å². The average molecular weight is 586 g/mol. The van der Waals surface area contributed by atoms with E-state index in [1.165, 1.54) is 10.9 Å². The van der Waals surface area contributed by atoms with Crippen LogP contribution in [0.25, 0.3) is 11.2 Å². The summed E-state index contributed by atoms with van der Waals surface area (Å²) in [6, 6.07) is 7.22. The Labute approximate surface area is 241 Å². The molecule has 3 aromatic rings. The third kappa shape index (κ3) is 5.47. The first kappa shape index (κ1) is 28.1. The van der Waals surface area contributed by atoms with Crippen molar-refractivity contribution in [3.8, 4) is 0 Å². The lowest BCUT2D eigenvalue weighted by molar-refractivity contribution is -0.00235. The number of imidazole rings is 1. The molecule has 0 aliphatic carbocycles. The van der Waals surface area contributed by atoms with Crippen LogP contribution in [-0.4, -0.2) is 78.2 Å². The van der Waals surface area contributed by atoms with E-state index in [1.807, 2.05) is 0 Å². The highest BCUT2D eigenvalue weighted by Gasteiger charge is 2.38. The van der Waals surface area contributed by atoms with Crippen LogP contribution in [0.2, 0.25) is 0 Å². The van der Waals surface area contributed by atoms with E-state index in [9.17, 15) is 14.4 Å². The van der Waals surface area contributed by atoms with Gasteiger partial charge in [0.05, 0.1) is 29.7 Å². The van der Waals surface area contributed by atoms with Gasteiger partial charge in [-0.3, -0.25) is 28.2 Å². The number of hydrogen-bond donors (Lipinski definition) is 0. The molecular weight excluding hydrogens is 547 g/mol. The summed E-state index contributed by atoms with van der Waals surface area (Å²) in [5.41, 5.74) is 0.755. The molecular formula is C28H37N6O6P. The van der Waals surface area contributed by atoms with Crippen molar-refractivity contribution in [3.05, 3.63) is 57.9 Å². The fraction of sp³-hybridized carbons (Fsp3) is 0.536. The number of carbonyl (C=O) groups excluding carboxylic acids is 2. The molecule has 2 aromatic heterocycles. The Kier molecular flexibility index (Phi) is 8.02. The molecule has 0 saturated carbocycles. The van der Waals surface area contributed by atoms with Crippen molar-refractivity contribution in [3.63, 3.8) is 0 Å². The van der Waals surface area contributed by atoms with Crippen LogP contribution < -0.4 is 5.56 Å². The van der Waals surface area contributed by atoms with Crippen LogP contribution in [0.15, 0.2) is 35.4 Å². The number of ether oxygens (including phenoxy) is 2. The molecule has 41 heavy (non-hydrogen) atoms. The van der Waals surface area contributed by atoms with Gasteiger partial charge in [0, 0.05) is 19.9 Å². The van der Waals surface area contributed by atoms with E-state index in [1.54, 1.807) is 35.8 Å². The highest BCUT2D eigenvalue weighted by Crippen LogP contribution is 2.46. The van der Waals surface area contributed by atoms with Crippen molar-refractivity contribution in [1.29, 1.82) is 0 Å². The van der Waals surface area contributed by atoms with Crippen molar-refractivity contribution < 1.29 is 25.0 Å². The van der Waals surface area contributed by atoms with Crippen LogP contribution in [-0.2, 0) is 20.7 Å². The van der Waals surface area contributed by atoms with Crippen LogP contribution in [0.1, 0.15) is 75.2 Å². The zero-order chi connectivity index (χ0) is 30.3. The summed E-state index contributed by atoms with van der Waals surface area (Å²) in [4.78, 5) is 48.5. The predicted octanol–water partition coefficient (Wildman–Crippen LogP) is 3.88. The molecule has 12 nitrogen and oxygen atoms in total. The molecule has 4 heterocycles. The summed E-state index contributed by atoms with van der Waals surface area (Å²) < 4.78 is 31.7. The molecule has 1 unspecified atom stereocenters. The first-order valence-corrected chi connectivity index (χ1v) is 15.3. The number of amides is 2. The van der Waals surface area contributed by atoms with Gasteiger partial charge in [0.25, 0.3) is 17.4 Å². The Morgan fingerprint density at radius 1 is 1.12 bits per heavy atom. The maximum Gasteiger partial charge on any atom is 0.283 e. The molecule has 1 fully saturated rings. The molecule has 4 atom stereocenters. The monoisotopic (exact) mass is 585 g/mol. The van der Waals surface area contributed by atoms with E-state index in [2.05, 4.69) is 49.0 Å². The molecule has 5 rings (SSSR count). The molecule has 0 radical (unpaired) electrons. The minimum absolute atomic E-state index is 0.0457. The Balaban J connectivity index is 1.29. The average Bonchev–Trinajstić information content (AvgIpc) is 3.61. The smallest absolute Gasteiger partial charge is 0.283 e. The third-order valence-corrected chi connectivity index (χ3v) is 9.50. The number of fused-ring (bicyclic) bond motifs is 2. The Hall–Kier alpha value is -3.02. The lowest BCUT2D eigenvalue weighted by Gasteiger charge is -2.36. The lowest BCUT2D eigenvalue weighted by atomic mass is 10.1. The maximum absolute atomic E-state index is 13.4. The quantitative estimate of drug-likeness (QED) is 0.258. The predicted molar refractivity (Wildman–Crippen MR) is 153 cm³/mol. The third-order valence-electron chi connectivity index (χ3n) is 7.35. The standard InChI is InChI=1S/C28H37N6O6P/c1-16(2)34(17(3)4)41(7)40-22-12-23(39-18(22)5)31-13-29-24-25(31)30-19(6)32(28(24)37)14-38-15-33-26(35)20-10-8-9-11-21(20)27(33)36/h8-11,13,16-18,22-23H,12,14-15H2,1-7H3/t18-,22-,23-,41?/m1/s1/i5D. The van der Waals surface area contributed by atoms with Gasteiger partial charge in [0.1, 0.15) is 33.8 Å². The second kappa shape index (κ2) is 11.7. The number of benzene rings is 1. The van der Waals surface area contributed by atoms with Crippen LogP contribution in [0.4, 0.5) is 0 Å². The fourth-order valence-corrected chi connectivity index (χ4v) is 7.55. The fourth-order valence-electron chi connectivity index (χ4n) is 5.53. The van der Waals surface area contributed by atoms with Gasteiger partial charge in [-0.25, -0.2) is 14.9 Å². The molecule has 0 spiro atoms. The first-order chi connectivity index (χ1) is 20.0. The van der Waals surface area contributed by atoms with Gasteiger partial charge in [-0.2, -0.15) is 0 Å². The molecule has 2 amide bonds. The molecule has 1 saturated heterocycles. The summed E-state index contributed by atoms with van der Waals surface area (Å²) in [6.07, 6.45) is 0.838. The Morgan fingerprint density at radius 3 is 2.39 bits per heavy atom. The molecule has 0 bridgehead atoms. The number of imide groups is 1. The first-order valence-electron chi connectivity index (χ1n) is 14.3. The van der Waals surface area contributed by atoms with Crippen molar-refractivity contribution in [2.24, 2.45) is 0 Å². The van der Waals surface area contributed by atoms with Gasteiger partial charge in [-0.15, -0.1) is 0 Å². The van der Waals surface area contributed by atoms with E-state index in [4.69, 9.17) is 15.4 Å². The van der Waals surface area contributed by atoms with Crippen LogP contribution >= 0.6 is 8.30 Å². The highest BCUT2D eigenvalue weighted by atomic mass is 31.2. The number of hydrogen-bond acceptors (Lipinski definition) is 9. The van der Waals surface area contributed by atoms with E-state index in [0.29, 0.717) is 41.1 Å². The van der Waals surface area contributed by atoms with E-state index in [-0.39, 0.29) is 32.0 Å². The van der Waals surface area contributed by atoms with Gasteiger partial charge in [-0.1, -0.05) is 12.1 Å². The second-order valence-corrected chi connectivity index (χ2v) is 12.4. The summed E-state index contributed by atoms with van der Waals surface area (Å²) in [7, 11) is -0.904. The van der Waals surface area contributed by atoms with E-state index in [0.717, 1.165) is 4.90 Å². The van der Waals surface area contributed by atoms with Crippen LogP contribution in [0.5, 0.6) is 0 Å². The zero-order valence-corrected chi connectivity index (χ0v) is 25.1. The van der Waals surface area contributed by atoms with Crippen molar-refractivity contribution in [1.82, 2.24) is 28.7 Å². The normalized spacial score (nSPS) is 22.0. The Morgan fingerprint density at radius 2 is 1.78 bits per heavy atom. The minimum atomic E-state index is -0.904. The summed E-state index contributed by atoms with van der Waals surface area (Å²) >= 11 is 0. The summed E-state index contributed by atoms with van der Waals surface area (Å²) in [5.74, 6) is -0.497. The number of aromatic nitrogens is 4. The van der Waals surface area contributed by atoms with Gasteiger partial charge in [-0.05, 0) is 60.3 Å². The lowest BCUT2D eigenvalue weighted by Crippen LogP contribution is -2.34. The van der Waals surface area contributed by atoms with E-state index < -0.39 is 38.0 Å². The van der Waals surface area contributed by atoms with Crippen molar-refractivity contribution in [2.45, 2.75) is 85.2 Å². The summed E-state index contributed by atoms with van der Waals surface area (Å²) in [5, 5.41) is 0. The largest absolute Gasteiger partial charge is 0.352 e. The molecule has 2 aliphatic rings. The molecule has 2 aliphatic heterocycles. The Bertz CT molecular complexity index is 1500. The number of rotatable bonds is 10. The minimum Gasteiger partial charge on any atom is -0.352 e. The highest BCUT2D eigenvalue weighted by molar-refractivity contribution is 7.49. The molecule has 220 valence electrons. The topological polar surface area (TPSA) is 121 Å². The van der Waals surface area contributed by atoms with Crippen molar-refractivity contribution in [2.75, 3.05) is 13.4 Å². The van der Waals surface area contributed by atoms with Gasteiger partial charge < -0.3 is 14.0 Å². The SMILES string of the molecule is [2H]C[C@H]1O[C@@H](n2cnc3c(=O)n(COCN4C(=O)c5ccccc5C4=O)c(C)nc32)C[C@H]1OP(C)N(C(C)C)C(C)C. The van der Waals surface area contributed by atoms with E-state index >= 15 is 0 Å². The number of nitrogens with zero attached hydrogens (tertiary/aromatic N) is 6. The van der Waals surface area contributed by atoms with Gasteiger partial charge >= 0.3 is 0 Å². The van der Waals surface area contributed by atoms with Crippen LogP contribution in [0, 0.1) is 6.92 Å². The molecule has 1 aromatic carbocycles. The van der Waals surface area contributed by atoms with Crippen LogP contribution in [0.3, 0.4) is 0 Å². The van der Waals surface area contributed by atoms with Gasteiger partial charge in [0.2, 0.25) is 0 Å².